The molecule has 1 aromatic carbocycles. The molecule has 1 aliphatic carbocycles. The minimum atomic E-state index is -3.46. The van der Waals surface area contributed by atoms with E-state index in [0.717, 1.165) is 37.5 Å². The lowest BCUT2D eigenvalue weighted by molar-refractivity contribution is 0.224. The number of hydrogen-bond acceptors (Lipinski definition) is 3. The molecule has 1 aromatic rings. The normalized spacial score (nSPS) is 18.7. The Labute approximate surface area is 124 Å². The fourth-order valence-electron chi connectivity index (χ4n) is 2.67. The smallest absolute Gasteiger partial charge is 0.264 e. The fraction of sp³-hybridized carbons (Fsp3) is 0.538. The van der Waals surface area contributed by atoms with Crippen molar-refractivity contribution >= 4 is 33.3 Å². The van der Waals surface area contributed by atoms with Gasteiger partial charge in [0, 0.05) is 15.5 Å². The Hall–Kier alpha value is -0.290. The topological polar surface area (TPSA) is 43.4 Å². The zero-order valence-electron chi connectivity index (χ0n) is 10.7. The van der Waals surface area contributed by atoms with Gasteiger partial charge in [-0.15, -0.1) is 0 Å². The van der Waals surface area contributed by atoms with Gasteiger partial charge < -0.3 is 0 Å². The Kier molecular flexibility index (Phi) is 4.45. The molecule has 0 N–H and O–H groups in total. The van der Waals surface area contributed by atoms with Gasteiger partial charge in [-0.3, -0.25) is 4.18 Å². The second-order valence-electron chi connectivity index (χ2n) is 5.08. The van der Waals surface area contributed by atoms with Crippen LogP contribution in [0.1, 0.15) is 31.2 Å². The van der Waals surface area contributed by atoms with Crippen LogP contribution in [0.5, 0.6) is 0 Å². The lowest BCUT2D eigenvalue weighted by Crippen LogP contribution is -2.30. The molecule has 6 heteroatoms. The van der Waals surface area contributed by atoms with Gasteiger partial charge in [-0.05, 0) is 36.6 Å². The van der Waals surface area contributed by atoms with Crippen molar-refractivity contribution in [3.05, 3.63) is 33.8 Å². The van der Waals surface area contributed by atoms with Crippen LogP contribution >= 0.6 is 23.2 Å². The van der Waals surface area contributed by atoms with Crippen LogP contribution in [0.15, 0.2) is 18.2 Å². The van der Waals surface area contributed by atoms with Crippen LogP contribution in [0.3, 0.4) is 0 Å². The SMILES string of the molecule is CS(=O)(=O)OCC1(c2cc(Cl)ccc2Cl)CCCC1. The van der Waals surface area contributed by atoms with Crippen LogP contribution in [-0.2, 0) is 19.7 Å². The number of hydrogen-bond donors (Lipinski definition) is 0. The number of benzene rings is 1. The second-order valence-corrected chi connectivity index (χ2v) is 7.57. The predicted molar refractivity (Wildman–Crippen MR) is 77.4 cm³/mol. The predicted octanol–water partition coefficient (Wildman–Crippen LogP) is 3.78. The van der Waals surface area contributed by atoms with Gasteiger partial charge in [0.15, 0.2) is 0 Å². The molecule has 0 saturated heterocycles. The van der Waals surface area contributed by atoms with E-state index in [4.69, 9.17) is 27.4 Å². The van der Waals surface area contributed by atoms with Crippen molar-refractivity contribution < 1.29 is 12.6 Å². The summed E-state index contributed by atoms with van der Waals surface area (Å²) in [5.41, 5.74) is 0.549. The Morgan fingerprint density at radius 3 is 2.47 bits per heavy atom. The molecule has 1 aliphatic rings. The maximum atomic E-state index is 11.2. The summed E-state index contributed by atoms with van der Waals surface area (Å²) in [6.07, 6.45) is 4.87. The first-order valence-electron chi connectivity index (χ1n) is 6.12. The van der Waals surface area contributed by atoms with Crippen LogP contribution in [0.4, 0.5) is 0 Å². The van der Waals surface area contributed by atoms with Crippen molar-refractivity contribution in [1.29, 1.82) is 0 Å². The van der Waals surface area contributed by atoms with Crippen molar-refractivity contribution in [2.45, 2.75) is 31.1 Å². The summed E-state index contributed by atoms with van der Waals surface area (Å²) >= 11 is 12.3. The monoisotopic (exact) mass is 322 g/mol. The highest BCUT2D eigenvalue weighted by molar-refractivity contribution is 7.85. The van der Waals surface area contributed by atoms with E-state index in [9.17, 15) is 8.42 Å². The minimum absolute atomic E-state index is 0.131. The van der Waals surface area contributed by atoms with Crippen LogP contribution < -0.4 is 0 Å². The van der Waals surface area contributed by atoms with Crippen molar-refractivity contribution in [2.75, 3.05) is 12.9 Å². The molecule has 19 heavy (non-hydrogen) atoms. The molecular weight excluding hydrogens is 307 g/mol. The van der Waals surface area contributed by atoms with Crippen LogP contribution in [0.25, 0.3) is 0 Å². The first-order chi connectivity index (χ1) is 8.82. The van der Waals surface area contributed by atoms with Gasteiger partial charge in [-0.2, -0.15) is 8.42 Å². The number of halogens is 2. The third kappa shape index (κ3) is 3.63. The van der Waals surface area contributed by atoms with Crippen LogP contribution in [-0.4, -0.2) is 21.3 Å². The van der Waals surface area contributed by atoms with Gasteiger partial charge in [-0.1, -0.05) is 36.0 Å². The summed E-state index contributed by atoms with van der Waals surface area (Å²) in [6.45, 7) is 0.131. The molecule has 0 spiro atoms. The average Bonchev–Trinajstić information content (AvgIpc) is 2.79. The molecule has 1 fully saturated rings. The van der Waals surface area contributed by atoms with Gasteiger partial charge in [0.05, 0.1) is 12.9 Å². The summed E-state index contributed by atoms with van der Waals surface area (Å²) in [5.74, 6) is 0. The molecule has 3 nitrogen and oxygen atoms in total. The summed E-state index contributed by atoms with van der Waals surface area (Å²) in [4.78, 5) is 0. The molecule has 0 heterocycles. The van der Waals surface area contributed by atoms with E-state index in [2.05, 4.69) is 0 Å². The zero-order chi connectivity index (χ0) is 14.1. The molecule has 0 radical (unpaired) electrons. The van der Waals surface area contributed by atoms with Gasteiger partial charge in [-0.25, -0.2) is 0 Å². The molecule has 0 unspecified atom stereocenters. The maximum absolute atomic E-state index is 11.2. The largest absolute Gasteiger partial charge is 0.269 e. The van der Waals surface area contributed by atoms with E-state index in [1.165, 1.54) is 0 Å². The van der Waals surface area contributed by atoms with Crippen molar-refractivity contribution in [3.63, 3.8) is 0 Å². The average molecular weight is 323 g/mol. The Bertz CT molecular complexity index is 563. The first kappa shape index (κ1) is 15.1. The molecule has 1 saturated carbocycles. The highest BCUT2D eigenvalue weighted by Gasteiger charge is 2.38. The Morgan fingerprint density at radius 2 is 1.89 bits per heavy atom. The second kappa shape index (κ2) is 5.60. The summed E-state index contributed by atoms with van der Waals surface area (Å²) in [6, 6.07) is 5.30. The standard InChI is InChI=1S/C13H16Cl2O3S/c1-19(16,17)18-9-13(6-2-3-7-13)11-8-10(14)4-5-12(11)15/h4-5,8H,2-3,6-7,9H2,1H3. The van der Waals surface area contributed by atoms with Gasteiger partial charge in [0.25, 0.3) is 10.1 Å². The van der Waals surface area contributed by atoms with E-state index in [1.54, 1.807) is 12.1 Å². The first-order valence-corrected chi connectivity index (χ1v) is 8.70. The lowest BCUT2D eigenvalue weighted by atomic mass is 9.80. The van der Waals surface area contributed by atoms with Gasteiger partial charge in [0.1, 0.15) is 0 Å². The van der Waals surface area contributed by atoms with E-state index in [0.29, 0.717) is 10.0 Å². The summed E-state index contributed by atoms with van der Waals surface area (Å²) in [5, 5.41) is 1.22. The number of rotatable bonds is 4. The minimum Gasteiger partial charge on any atom is -0.269 e. The van der Waals surface area contributed by atoms with E-state index in [-0.39, 0.29) is 12.0 Å². The molecule has 0 aliphatic heterocycles. The van der Waals surface area contributed by atoms with Crippen molar-refractivity contribution in [2.24, 2.45) is 0 Å². The van der Waals surface area contributed by atoms with E-state index < -0.39 is 10.1 Å². The molecular formula is C13H16Cl2O3S. The molecule has 0 amide bonds. The zero-order valence-corrected chi connectivity index (χ0v) is 13.0. The molecule has 0 bridgehead atoms. The molecule has 2 rings (SSSR count). The van der Waals surface area contributed by atoms with Gasteiger partial charge in [0.2, 0.25) is 0 Å². The quantitative estimate of drug-likeness (QED) is 0.792. The summed E-state index contributed by atoms with van der Waals surface area (Å²) in [7, 11) is -3.46. The molecule has 0 aromatic heterocycles. The Morgan fingerprint density at radius 1 is 1.26 bits per heavy atom. The third-order valence-electron chi connectivity index (χ3n) is 3.61. The fourth-order valence-corrected chi connectivity index (χ4v) is 3.60. The van der Waals surface area contributed by atoms with Crippen molar-refractivity contribution in [3.8, 4) is 0 Å². The van der Waals surface area contributed by atoms with Crippen LogP contribution in [0.2, 0.25) is 10.0 Å². The highest BCUT2D eigenvalue weighted by Crippen LogP contribution is 2.45. The molecule has 0 atom stereocenters. The lowest BCUT2D eigenvalue weighted by Gasteiger charge is -2.29. The summed E-state index contributed by atoms with van der Waals surface area (Å²) < 4.78 is 27.5. The van der Waals surface area contributed by atoms with Crippen molar-refractivity contribution in [1.82, 2.24) is 0 Å². The Balaban J connectivity index is 2.36. The molecule has 106 valence electrons. The third-order valence-corrected chi connectivity index (χ3v) is 4.72. The van der Waals surface area contributed by atoms with E-state index in [1.807, 2.05) is 6.07 Å². The maximum Gasteiger partial charge on any atom is 0.264 e. The van der Waals surface area contributed by atoms with Crippen LogP contribution in [0, 0.1) is 0 Å². The highest BCUT2D eigenvalue weighted by atomic mass is 35.5. The van der Waals surface area contributed by atoms with Gasteiger partial charge >= 0.3 is 0 Å². The van der Waals surface area contributed by atoms with E-state index >= 15 is 0 Å².